The number of hydrogen-bond donors (Lipinski definition) is 2. The highest BCUT2D eigenvalue weighted by atomic mass is 16.3. The zero-order valence-corrected chi connectivity index (χ0v) is 9.40. The van der Waals surface area contributed by atoms with Gasteiger partial charge in [0.25, 0.3) is 0 Å². The van der Waals surface area contributed by atoms with Gasteiger partial charge < -0.3 is 10.4 Å². The van der Waals surface area contributed by atoms with Crippen molar-refractivity contribution in [2.45, 2.75) is 39.3 Å². The first-order chi connectivity index (χ1) is 7.20. The second kappa shape index (κ2) is 4.23. The minimum Gasteiger partial charge on any atom is -0.394 e. The molecule has 0 saturated heterocycles. The van der Waals surface area contributed by atoms with E-state index < -0.39 is 0 Å². The van der Waals surface area contributed by atoms with Crippen molar-refractivity contribution in [2.24, 2.45) is 5.92 Å². The number of hydrogen-bond acceptors (Lipinski definition) is 3. The Balaban J connectivity index is 2.04. The monoisotopic (exact) mass is 209 g/mol. The first kappa shape index (κ1) is 10.5. The van der Waals surface area contributed by atoms with E-state index in [1.54, 1.807) is 0 Å². The molecule has 1 unspecified atom stereocenters. The van der Waals surface area contributed by atoms with Crippen LogP contribution in [0.1, 0.15) is 25.5 Å². The number of aromatic nitrogens is 2. The quantitative estimate of drug-likeness (QED) is 0.770. The predicted molar refractivity (Wildman–Crippen MR) is 59.9 cm³/mol. The summed E-state index contributed by atoms with van der Waals surface area (Å²) < 4.78 is 1.84. The van der Waals surface area contributed by atoms with Crippen molar-refractivity contribution in [3.63, 3.8) is 0 Å². The summed E-state index contributed by atoms with van der Waals surface area (Å²) in [7, 11) is 0. The van der Waals surface area contributed by atoms with Gasteiger partial charge in [-0.3, -0.25) is 0 Å². The van der Waals surface area contributed by atoms with Crippen molar-refractivity contribution in [1.29, 1.82) is 0 Å². The third-order valence-electron chi connectivity index (χ3n) is 2.92. The van der Waals surface area contributed by atoms with Crippen LogP contribution >= 0.6 is 0 Å². The highest BCUT2D eigenvalue weighted by molar-refractivity contribution is 5.38. The average molecular weight is 209 g/mol. The topological polar surface area (TPSA) is 50.1 Å². The van der Waals surface area contributed by atoms with Crippen LogP contribution in [0, 0.1) is 12.8 Å². The lowest BCUT2D eigenvalue weighted by Crippen LogP contribution is -2.20. The molecule has 1 aromatic heterocycles. The number of aliphatic hydroxyl groups is 1. The van der Waals surface area contributed by atoms with Crippen molar-refractivity contribution in [1.82, 2.24) is 9.78 Å². The summed E-state index contributed by atoms with van der Waals surface area (Å²) >= 11 is 0. The van der Waals surface area contributed by atoms with Crippen LogP contribution in [-0.2, 0) is 6.54 Å². The Morgan fingerprint density at radius 3 is 3.00 bits per heavy atom. The molecule has 0 aromatic carbocycles. The third kappa shape index (κ3) is 2.50. The molecule has 0 radical (unpaired) electrons. The number of aliphatic hydroxyl groups excluding tert-OH is 1. The fourth-order valence-electron chi connectivity index (χ4n) is 1.87. The molecule has 1 fully saturated rings. The van der Waals surface area contributed by atoms with E-state index in [0.29, 0.717) is 12.6 Å². The first-order valence-electron chi connectivity index (χ1n) is 5.62. The van der Waals surface area contributed by atoms with Crippen LogP contribution in [0.2, 0.25) is 0 Å². The third-order valence-corrected chi connectivity index (χ3v) is 2.92. The molecule has 4 heteroatoms. The van der Waals surface area contributed by atoms with E-state index in [2.05, 4.69) is 17.3 Å². The van der Waals surface area contributed by atoms with Crippen molar-refractivity contribution in [3.05, 3.63) is 11.8 Å². The van der Waals surface area contributed by atoms with E-state index in [0.717, 1.165) is 17.4 Å². The molecule has 0 amide bonds. The van der Waals surface area contributed by atoms with Gasteiger partial charge in [-0.2, -0.15) is 5.10 Å². The van der Waals surface area contributed by atoms with Crippen LogP contribution in [0.25, 0.3) is 0 Å². The van der Waals surface area contributed by atoms with Gasteiger partial charge in [-0.1, -0.05) is 0 Å². The minimum atomic E-state index is 0.133. The molecule has 84 valence electrons. The van der Waals surface area contributed by atoms with Gasteiger partial charge >= 0.3 is 0 Å². The average Bonchev–Trinajstić information content (AvgIpc) is 2.95. The number of nitrogens with zero attached hydrogens (tertiary/aromatic N) is 2. The van der Waals surface area contributed by atoms with E-state index in [1.807, 2.05) is 17.7 Å². The fourth-order valence-corrected chi connectivity index (χ4v) is 1.87. The van der Waals surface area contributed by atoms with Gasteiger partial charge in [-0.25, -0.2) is 4.68 Å². The normalized spacial score (nSPS) is 17.8. The van der Waals surface area contributed by atoms with Gasteiger partial charge in [0.1, 0.15) is 5.82 Å². The fraction of sp³-hybridized carbons (Fsp3) is 0.727. The molecular weight excluding hydrogens is 190 g/mol. The Kier molecular flexibility index (Phi) is 2.95. The van der Waals surface area contributed by atoms with Gasteiger partial charge in [0, 0.05) is 12.1 Å². The molecule has 1 aromatic rings. The second-order valence-corrected chi connectivity index (χ2v) is 4.39. The Morgan fingerprint density at radius 2 is 2.40 bits per heavy atom. The zero-order valence-electron chi connectivity index (χ0n) is 9.40. The minimum absolute atomic E-state index is 0.133. The lowest BCUT2D eigenvalue weighted by molar-refractivity contribution is 0.270. The van der Waals surface area contributed by atoms with Crippen molar-refractivity contribution in [2.75, 3.05) is 11.9 Å². The van der Waals surface area contributed by atoms with E-state index in [4.69, 9.17) is 5.11 Å². The summed E-state index contributed by atoms with van der Waals surface area (Å²) in [6, 6.07) is 2.55. The highest BCUT2D eigenvalue weighted by Crippen LogP contribution is 2.33. The predicted octanol–water partition coefficient (Wildman–Crippen LogP) is 1.39. The smallest absolute Gasteiger partial charge is 0.124 e. The van der Waals surface area contributed by atoms with Crippen molar-refractivity contribution < 1.29 is 5.11 Å². The molecule has 2 N–H and O–H groups in total. The van der Waals surface area contributed by atoms with Crippen LogP contribution in [0.5, 0.6) is 0 Å². The van der Waals surface area contributed by atoms with Crippen molar-refractivity contribution in [3.8, 4) is 0 Å². The molecule has 0 spiro atoms. The van der Waals surface area contributed by atoms with Crippen molar-refractivity contribution >= 4 is 5.82 Å². The molecule has 1 aliphatic carbocycles. The highest BCUT2D eigenvalue weighted by Gasteiger charge is 2.28. The van der Waals surface area contributed by atoms with Crippen LogP contribution in [0.15, 0.2) is 6.07 Å². The molecule has 0 aliphatic heterocycles. The summed E-state index contributed by atoms with van der Waals surface area (Å²) in [5.41, 5.74) is 0.994. The molecule has 1 saturated carbocycles. The maximum Gasteiger partial charge on any atom is 0.124 e. The SMILES string of the molecule is Cc1cc(NC(C)C2CC2)n(CCO)n1. The van der Waals surface area contributed by atoms with Gasteiger partial charge in [0.15, 0.2) is 0 Å². The van der Waals surface area contributed by atoms with E-state index in [1.165, 1.54) is 12.8 Å². The van der Waals surface area contributed by atoms with Gasteiger partial charge in [0.05, 0.1) is 18.8 Å². The molecule has 4 nitrogen and oxygen atoms in total. The molecular formula is C11H19N3O. The molecule has 2 rings (SSSR count). The van der Waals surface area contributed by atoms with Gasteiger partial charge in [0.2, 0.25) is 0 Å². The van der Waals surface area contributed by atoms with E-state index in [9.17, 15) is 0 Å². The summed E-state index contributed by atoms with van der Waals surface area (Å²) in [5, 5.41) is 16.7. The zero-order chi connectivity index (χ0) is 10.8. The lowest BCUT2D eigenvalue weighted by atomic mass is 10.2. The molecule has 15 heavy (non-hydrogen) atoms. The number of anilines is 1. The van der Waals surface area contributed by atoms with Crippen LogP contribution in [-0.4, -0.2) is 27.5 Å². The molecule has 1 heterocycles. The second-order valence-electron chi connectivity index (χ2n) is 4.39. The maximum absolute atomic E-state index is 8.92. The standard InChI is InChI=1S/C11H19N3O/c1-8-7-11(14(13-8)5-6-15)12-9(2)10-3-4-10/h7,9-10,12,15H,3-6H2,1-2H3. The number of rotatable bonds is 5. The lowest BCUT2D eigenvalue weighted by Gasteiger charge is -2.15. The Morgan fingerprint density at radius 1 is 1.67 bits per heavy atom. The van der Waals surface area contributed by atoms with E-state index in [-0.39, 0.29) is 6.61 Å². The van der Waals surface area contributed by atoms with E-state index >= 15 is 0 Å². The Hall–Kier alpha value is -1.03. The summed E-state index contributed by atoms with van der Waals surface area (Å²) in [4.78, 5) is 0. The molecule has 1 aliphatic rings. The largest absolute Gasteiger partial charge is 0.394 e. The summed E-state index contributed by atoms with van der Waals surface area (Å²) in [6.45, 7) is 4.88. The van der Waals surface area contributed by atoms with Crippen LogP contribution in [0.3, 0.4) is 0 Å². The molecule has 0 bridgehead atoms. The first-order valence-corrected chi connectivity index (χ1v) is 5.62. The number of aryl methyl sites for hydroxylation is 1. The van der Waals surface area contributed by atoms with Gasteiger partial charge in [-0.15, -0.1) is 0 Å². The number of nitrogens with one attached hydrogen (secondary N) is 1. The maximum atomic E-state index is 8.92. The van der Waals surface area contributed by atoms with Crippen LogP contribution in [0.4, 0.5) is 5.82 Å². The van der Waals surface area contributed by atoms with Crippen LogP contribution < -0.4 is 5.32 Å². The summed E-state index contributed by atoms with van der Waals surface area (Å²) in [5.74, 6) is 1.85. The van der Waals surface area contributed by atoms with Gasteiger partial charge in [-0.05, 0) is 32.6 Å². The Bertz CT molecular complexity index is 331. The Labute approximate surface area is 90.3 Å². The summed E-state index contributed by atoms with van der Waals surface area (Å²) in [6.07, 6.45) is 2.67. The molecule has 1 atom stereocenters.